The van der Waals surface area contributed by atoms with Gasteiger partial charge in [-0.3, -0.25) is 0 Å². The zero-order chi connectivity index (χ0) is 15.5. The zero-order valence-electron chi connectivity index (χ0n) is 11.5. The highest BCUT2D eigenvalue weighted by molar-refractivity contribution is 6.31. The van der Waals surface area contributed by atoms with Gasteiger partial charge in [-0.2, -0.15) is 0 Å². The maximum atomic E-state index is 10.7. The minimum absolute atomic E-state index is 0.274. The van der Waals surface area contributed by atoms with Crippen molar-refractivity contribution in [3.63, 3.8) is 0 Å². The van der Waals surface area contributed by atoms with Crippen molar-refractivity contribution in [2.75, 3.05) is 6.61 Å². The van der Waals surface area contributed by atoms with Gasteiger partial charge in [0.15, 0.2) is 6.61 Å². The van der Waals surface area contributed by atoms with Gasteiger partial charge in [-0.1, -0.05) is 41.9 Å². The molecule has 1 N–H and O–H groups in total. The van der Waals surface area contributed by atoms with Crippen molar-refractivity contribution < 1.29 is 14.6 Å². The summed E-state index contributed by atoms with van der Waals surface area (Å²) in [6.45, 7) is -0.430. The Hall–Kier alpha value is -2.59. The third-order valence-electron chi connectivity index (χ3n) is 3.18. The largest absolute Gasteiger partial charge is 0.479 e. The Kier molecular flexibility index (Phi) is 3.94. The van der Waals surface area contributed by atoms with Crippen LogP contribution in [0.2, 0.25) is 5.02 Å². The number of carboxylic acids is 1. The van der Waals surface area contributed by atoms with E-state index in [1.54, 1.807) is 18.2 Å². The molecule has 0 spiro atoms. The normalized spacial score (nSPS) is 10.6. The number of carbonyl (C=O) groups is 1. The number of halogens is 1. The molecule has 1 aromatic heterocycles. The van der Waals surface area contributed by atoms with Crippen LogP contribution in [0.3, 0.4) is 0 Å². The van der Waals surface area contributed by atoms with Gasteiger partial charge in [0.1, 0.15) is 0 Å². The molecule has 5 heteroatoms. The Morgan fingerprint density at radius 2 is 1.91 bits per heavy atom. The predicted octanol–water partition coefficient (Wildman–Crippen LogP) is 4.02. The van der Waals surface area contributed by atoms with Crippen molar-refractivity contribution in [2.24, 2.45) is 0 Å². The van der Waals surface area contributed by atoms with Crippen molar-refractivity contribution in [3.8, 4) is 17.0 Å². The van der Waals surface area contributed by atoms with Gasteiger partial charge in [-0.25, -0.2) is 9.78 Å². The summed E-state index contributed by atoms with van der Waals surface area (Å²) < 4.78 is 5.22. The fourth-order valence-electron chi connectivity index (χ4n) is 2.24. The number of benzene rings is 2. The molecule has 0 radical (unpaired) electrons. The molecule has 0 amide bonds. The summed E-state index contributed by atoms with van der Waals surface area (Å²) >= 11 is 6.08. The summed E-state index contributed by atoms with van der Waals surface area (Å²) in [6.07, 6.45) is 0. The number of carboxylic acid groups (broad SMARTS) is 1. The highest BCUT2D eigenvalue weighted by Gasteiger charge is 2.10. The van der Waals surface area contributed by atoms with Crippen LogP contribution >= 0.6 is 11.6 Å². The highest BCUT2D eigenvalue weighted by atomic mass is 35.5. The molecule has 0 bridgehead atoms. The summed E-state index contributed by atoms with van der Waals surface area (Å²) in [5.74, 6) is -0.768. The molecule has 1 heterocycles. The molecular weight excluding hydrogens is 302 g/mol. The quantitative estimate of drug-likeness (QED) is 0.790. The second kappa shape index (κ2) is 6.03. The smallest absolute Gasteiger partial charge is 0.341 e. The van der Waals surface area contributed by atoms with E-state index in [2.05, 4.69) is 4.98 Å². The number of hydrogen-bond donors (Lipinski definition) is 1. The molecule has 0 aliphatic carbocycles. The Morgan fingerprint density at radius 1 is 1.14 bits per heavy atom. The monoisotopic (exact) mass is 313 g/mol. The van der Waals surface area contributed by atoms with Crippen LogP contribution in [0.1, 0.15) is 0 Å². The standard InChI is InChI=1S/C17H12ClNO3/c18-12-6-7-15-14(8-12)13(11-4-2-1-3-5-11)9-16(19-15)22-10-17(20)21/h1-9H,10H2,(H,20,21). The molecule has 0 saturated carbocycles. The molecule has 0 aliphatic rings. The Bertz CT molecular complexity index is 834. The molecule has 4 nitrogen and oxygen atoms in total. The summed E-state index contributed by atoms with van der Waals surface area (Å²) in [4.78, 5) is 15.0. The second-order valence-corrected chi connectivity index (χ2v) is 5.15. The van der Waals surface area contributed by atoms with Crippen molar-refractivity contribution in [3.05, 3.63) is 59.6 Å². The first kappa shape index (κ1) is 14.4. The van der Waals surface area contributed by atoms with Crippen molar-refractivity contribution in [1.29, 1.82) is 0 Å². The van der Waals surface area contributed by atoms with Crippen LogP contribution in [0.5, 0.6) is 5.88 Å². The van der Waals surface area contributed by atoms with Crippen LogP contribution in [0.25, 0.3) is 22.0 Å². The average Bonchev–Trinajstić information content (AvgIpc) is 2.53. The third-order valence-corrected chi connectivity index (χ3v) is 3.41. The van der Waals surface area contributed by atoms with Crippen LogP contribution in [0.15, 0.2) is 54.6 Å². The first-order chi connectivity index (χ1) is 10.6. The predicted molar refractivity (Wildman–Crippen MR) is 85.3 cm³/mol. The number of pyridine rings is 1. The molecule has 3 aromatic rings. The van der Waals surface area contributed by atoms with Gasteiger partial charge in [0, 0.05) is 16.5 Å². The molecule has 0 saturated heterocycles. The van der Waals surface area contributed by atoms with E-state index in [4.69, 9.17) is 21.4 Å². The lowest BCUT2D eigenvalue weighted by Gasteiger charge is -2.10. The average molecular weight is 314 g/mol. The minimum Gasteiger partial charge on any atom is -0.479 e. The van der Waals surface area contributed by atoms with Crippen molar-refractivity contribution >= 4 is 28.5 Å². The summed E-state index contributed by atoms with van der Waals surface area (Å²) in [6, 6.07) is 16.8. The minimum atomic E-state index is -1.04. The molecule has 3 rings (SSSR count). The molecule has 110 valence electrons. The van der Waals surface area contributed by atoms with E-state index in [0.29, 0.717) is 10.5 Å². The first-order valence-corrected chi connectivity index (χ1v) is 7.01. The van der Waals surface area contributed by atoms with Gasteiger partial charge >= 0.3 is 5.97 Å². The fraction of sp³-hybridized carbons (Fsp3) is 0.0588. The lowest BCUT2D eigenvalue weighted by atomic mass is 10.0. The van der Waals surface area contributed by atoms with Gasteiger partial charge in [0.2, 0.25) is 5.88 Å². The maximum Gasteiger partial charge on any atom is 0.341 e. The number of fused-ring (bicyclic) bond motifs is 1. The molecule has 0 unspecified atom stereocenters. The molecule has 0 fully saturated rings. The molecule has 2 aromatic carbocycles. The molecule has 22 heavy (non-hydrogen) atoms. The Balaban J connectivity index is 2.17. The summed E-state index contributed by atoms with van der Waals surface area (Å²) in [7, 11) is 0. The number of aliphatic carboxylic acids is 1. The number of aromatic nitrogens is 1. The van der Waals surface area contributed by atoms with Crippen molar-refractivity contribution in [2.45, 2.75) is 0 Å². The van der Waals surface area contributed by atoms with Crippen molar-refractivity contribution in [1.82, 2.24) is 4.98 Å². The Labute approximate surface area is 131 Å². The third kappa shape index (κ3) is 3.02. The van der Waals surface area contributed by atoms with E-state index < -0.39 is 12.6 Å². The van der Waals surface area contributed by atoms with E-state index in [9.17, 15) is 4.79 Å². The zero-order valence-corrected chi connectivity index (χ0v) is 12.2. The van der Waals surface area contributed by atoms with Crippen LogP contribution in [-0.4, -0.2) is 22.7 Å². The second-order valence-electron chi connectivity index (χ2n) is 4.72. The molecular formula is C17H12ClNO3. The lowest BCUT2D eigenvalue weighted by molar-refractivity contribution is -0.139. The number of nitrogens with zero attached hydrogens (tertiary/aromatic N) is 1. The number of hydrogen-bond acceptors (Lipinski definition) is 3. The van der Waals surface area contributed by atoms with Crippen LogP contribution < -0.4 is 4.74 Å². The van der Waals surface area contributed by atoms with Crippen LogP contribution in [0, 0.1) is 0 Å². The Morgan fingerprint density at radius 3 is 2.64 bits per heavy atom. The van der Waals surface area contributed by atoms with E-state index >= 15 is 0 Å². The highest BCUT2D eigenvalue weighted by Crippen LogP contribution is 2.32. The summed E-state index contributed by atoms with van der Waals surface area (Å²) in [5.41, 5.74) is 2.58. The lowest BCUT2D eigenvalue weighted by Crippen LogP contribution is -2.10. The van der Waals surface area contributed by atoms with E-state index in [0.717, 1.165) is 16.5 Å². The van der Waals surface area contributed by atoms with Gasteiger partial charge < -0.3 is 9.84 Å². The first-order valence-electron chi connectivity index (χ1n) is 6.64. The topological polar surface area (TPSA) is 59.4 Å². The summed E-state index contributed by atoms with van der Waals surface area (Å²) in [5, 5.41) is 10.2. The SMILES string of the molecule is O=C(O)COc1cc(-c2ccccc2)c2cc(Cl)ccc2n1. The van der Waals surface area contributed by atoms with Gasteiger partial charge in [0.05, 0.1) is 5.52 Å². The van der Waals surface area contributed by atoms with E-state index in [1.165, 1.54) is 0 Å². The van der Waals surface area contributed by atoms with Gasteiger partial charge in [-0.05, 0) is 29.3 Å². The fourth-order valence-corrected chi connectivity index (χ4v) is 2.41. The maximum absolute atomic E-state index is 10.7. The van der Waals surface area contributed by atoms with Crippen LogP contribution in [-0.2, 0) is 4.79 Å². The van der Waals surface area contributed by atoms with E-state index in [-0.39, 0.29) is 5.88 Å². The molecule has 0 aliphatic heterocycles. The van der Waals surface area contributed by atoms with Gasteiger partial charge in [-0.15, -0.1) is 0 Å². The van der Waals surface area contributed by atoms with Crippen LogP contribution in [0.4, 0.5) is 0 Å². The number of ether oxygens (including phenoxy) is 1. The van der Waals surface area contributed by atoms with E-state index in [1.807, 2.05) is 36.4 Å². The molecule has 0 atom stereocenters. The van der Waals surface area contributed by atoms with Gasteiger partial charge in [0.25, 0.3) is 0 Å². The number of rotatable bonds is 4.